The molecule has 5 rings (SSSR count). The van der Waals surface area contributed by atoms with Crippen molar-refractivity contribution >= 4 is 34.4 Å². The van der Waals surface area contributed by atoms with E-state index >= 15 is 0 Å². The SMILES string of the molecule is CC[n+]1c(/C=C2\Sc3ccc(-c4ccccc4)cc3N2CCO)ccc2cc(OC)ccc21.[I-]. The summed E-state index contributed by atoms with van der Waals surface area (Å²) in [5.74, 6) is 0.862. The summed E-state index contributed by atoms with van der Waals surface area (Å²) in [7, 11) is 1.70. The number of hydrogen-bond acceptors (Lipinski definition) is 4. The molecule has 1 N–H and O–H groups in total. The van der Waals surface area contributed by atoms with Crippen molar-refractivity contribution < 1.29 is 38.4 Å². The predicted octanol–water partition coefficient (Wildman–Crippen LogP) is 2.73. The van der Waals surface area contributed by atoms with Gasteiger partial charge in [-0.25, -0.2) is 0 Å². The Morgan fingerprint density at radius 3 is 2.53 bits per heavy atom. The van der Waals surface area contributed by atoms with Crippen molar-refractivity contribution in [2.45, 2.75) is 18.4 Å². The standard InChI is InChI=1S/C28H27N2O2S.HI/c1-3-29-23(11-9-22-17-24(32-2)12-13-25(22)29)19-28-30(15-16-31)26-18-21(10-14-27(26)33-28)20-7-5-4-6-8-20;/h4-14,17-19,31H,3,15-16H2,1-2H3;1H/q+1;/p-1. The van der Waals surface area contributed by atoms with Crippen molar-refractivity contribution in [1.29, 1.82) is 0 Å². The molecule has 0 radical (unpaired) electrons. The van der Waals surface area contributed by atoms with Gasteiger partial charge in [0.05, 0.1) is 29.8 Å². The fraction of sp³-hybridized carbons (Fsp3) is 0.179. The summed E-state index contributed by atoms with van der Waals surface area (Å²) >= 11 is 1.76. The summed E-state index contributed by atoms with van der Waals surface area (Å²) in [6.45, 7) is 3.68. The molecule has 0 atom stereocenters. The molecule has 0 saturated heterocycles. The van der Waals surface area contributed by atoms with Gasteiger partial charge in [0.2, 0.25) is 11.2 Å². The average molecular weight is 583 g/mol. The molecule has 4 nitrogen and oxygen atoms in total. The van der Waals surface area contributed by atoms with E-state index in [0.29, 0.717) is 6.54 Å². The number of aryl methyl sites for hydroxylation is 1. The van der Waals surface area contributed by atoms with E-state index in [9.17, 15) is 5.11 Å². The van der Waals surface area contributed by atoms with Crippen LogP contribution in [0.4, 0.5) is 5.69 Å². The Bertz CT molecular complexity index is 1340. The lowest BCUT2D eigenvalue weighted by Gasteiger charge is -2.19. The van der Waals surface area contributed by atoms with E-state index in [2.05, 4.69) is 89.2 Å². The number of ether oxygens (including phenoxy) is 1. The van der Waals surface area contributed by atoms with Gasteiger partial charge in [-0.3, -0.25) is 0 Å². The highest BCUT2D eigenvalue weighted by Crippen LogP contribution is 2.47. The largest absolute Gasteiger partial charge is 1.00 e. The zero-order valence-corrected chi connectivity index (χ0v) is 22.2. The molecule has 0 fully saturated rings. The van der Waals surface area contributed by atoms with Gasteiger partial charge in [-0.15, -0.1) is 0 Å². The van der Waals surface area contributed by atoms with Crippen LogP contribution < -0.4 is 38.2 Å². The van der Waals surface area contributed by atoms with Gasteiger partial charge in [-0.1, -0.05) is 48.2 Å². The number of nitrogens with zero attached hydrogens (tertiary/aromatic N) is 2. The first-order valence-corrected chi connectivity index (χ1v) is 12.0. The maximum absolute atomic E-state index is 9.82. The molecule has 0 aliphatic carbocycles. The number of anilines is 1. The van der Waals surface area contributed by atoms with E-state index < -0.39 is 0 Å². The van der Waals surface area contributed by atoms with Crippen molar-refractivity contribution in [3.8, 4) is 16.9 Å². The van der Waals surface area contributed by atoms with Crippen molar-refractivity contribution in [2.24, 2.45) is 0 Å². The summed E-state index contributed by atoms with van der Waals surface area (Å²) in [5.41, 5.74) is 5.84. The fourth-order valence-electron chi connectivity index (χ4n) is 4.40. The average Bonchev–Trinajstić information content (AvgIpc) is 3.20. The zero-order valence-electron chi connectivity index (χ0n) is 19.2. The third-order valence-corrected chi connectivity index (χ3v) is 7.13. The maximum Gasteiger partial charge on any atom is 0.213 e. The molecule has 0 unspecified atom stereocenters. The lowest BCUT2D eigenvalue weighted by Crippen LogP contribution is -3.00. The maximum atomic E-state index is 9.82. The molecular formula is C28H27IN2O2S. The van der Waals surface area contributed by atoms with E-state index in [1.807, 2.05) is 12.1 Å². The predicted molar refractivity (Wildman–Crippen MR) is 137 cm³/mol. The Kier molecular flexibility index (Phi) is 7.80. The topological polar surface area (TPSA) is 36.6 Å². The molecular weight excluding hydrogens is 555 g/mol. The van der Waals surface area contributed by atoms with Crippen LogP contribution in [-0.4, -0.2) is 25.4 Å². The molecule has 2 heterocycles. The van der Waals surface area contributed by atoms with Gasteiger partial charge in [-0.2, -0.15) is 4.57 Å². The number of fused-ring (bicyclic) bond motifs is 2. The Morgan fingerprint density at radius 2 is 1.79 bits per heavy atom. The minimum absolute atomic E-state index is 0. The Labute approximate surface area is 221 Å². The first-order valence-electron chi connectivity index (χ1n) is 11.2. The van der Waals surface area contributed by atoms with Gasteiger partial charge in [-0.05, 0) is 48.4 Å². The van der Waals surface area contributed by atoms with Gasteiger partial charge < -0.3 is 38.7 Å². The van der Waals surface area contributed by atoms with Gasteiger partial charge in [0.1, 0.15) is 12.3 Å². The van der Waals surface area contributed by atoms with Gasteiger partial charge in [0, 0.05) is 29.6 Å². The minimum atomic E-state index is 0. The lowest BCUT2D eigenvalue weighted by molar-refractivity contribution is -0.669. The summed E-state index contributed by atoms with van der Waals surface area (Å²) in [4.78, 5) is 3.44. The quantitative estimate of drug-likeness (QED) is 0.281. The van der Waals surface area contributed by atoms with Crippen molar-refractivity contribution in [1.82, 2.24) is 0 Å². The number of benzene rings is 3. The number of pyridine rings is 1. The number of rotatable bonds is 6. The first kappa shape index (κ1) is 24.6. The third-order valence-electron chi connectivity index (χ3n) is 6.02. The number of hydrogen-bond donors (Lipinski definition) is 1. The van der Waals surface area contributed by atoms with Crippen LogP contribution >= 0.6 is 11.8 Å². The molecule has 1 aliphatic heterocycles. The Balaban J connectivity index is 0.00000274. The van der Waals surface area contributed by atoms with Crippen LogP contribution in [0.25, 0.3) is 28.1 Å². The van der Waals surface area contributed by atoms with Crippen molar-refractivity contribution in [3.05, 3.63) is 89.6 Å². The van der Waals surface area contributed by atoms with Crippen LogP contribution in [0.5, 0.6) is 5.75 Å². The summed E-state index contributed by atoms with van der Waals surface area (Å²) in [6.07, 6.45) is 2.23. The second kappa shape index (κ2) is 10.8. The van der Waals surface area contributed by atoms with Crippen molar-refractivity contribution in [2.75, 3.05) is 25.2 Å². The highest BCUT2D eigenvalue weighted by Gasteiger charge is 2.27. The first-order chi connectivity index (χ1) is 16.2. The molecule has 0 spiro atoms. The van der Waals surface area contributed by atoms with E-state index in [4.69, 9.17) is 4.74 Å². The smallest absolute Gasteiger partial charge is 0.213 e. The normalized spacial score (nSPS) is 13.7. The molecule has 0 saturated carbocycles. The van der Waals surface area contributed by atoms with Crippen LogP contribution in [-0.2, 0) is 6.54 Å². The van der Waals surface area contributed by atoms with E-state index in [1.54, 1.807) is 18.9 Å². The second-order valence-electron chi connectivity index (χ2n) is 7.94. The minimum Gasteiger partial charge on any atom is -1.00 e. The molecule has 174 valence electrons. The molecule has 3 aromatic carbocycles. The van der Waals surface area contributed by atoms with Crippen LogP contribution in [0.3, 0.4) is 0 Å². The molecule has 1 aliphatic rings. The molecule has 4 aromatic rings. The van der Waals surface area contributed by atoms with E-state index in [-0.39, 0.29) is 30.6 Å². The van der Waals surface area contributed by atoms with Crippen LogP contribution in [0, 0.1) is 0 Å². The van der Waals surface area contributed by atoms with Crippen LogP contribution in [0.1, 0.15) is 12.6 Å². The number of aromatic nitrogens is 1. The summed E-state index contributed by atoms with van der Waals surface area (Å²) in [5, 5.41) is 12.1. The van der Waals surface area contributed by atoms with Gasteiger partial charge in [0.25, 0.3) is 0 Å². The third kappa shape index (κ3) is 4.67. The molecule has 0 bridgehead atoms. The number of halogens is 1. The number of thioether (sulfide) groups is 1. The molecule has 0 amide bonds. The summed E-state index contributed by atoms with van der Waals surface area (Å²) in [6, 6.07) is 27.5. The fourth-order valence-corrected chi connectivity index (χ4v) is 5.51. The van der Waals surface area contributed by atoms with Crippen molar-refractivity contribution in [3.63, 3.8) is 0 Å². The van der Waals surface area contributed by atoms with Crippen LogP contribution in [0.2, 0.25) is 0 Å². The number of β-amino-alcohol motifs (C(OH)–C–C–N with tert-alkyl or cyclic N) is 1. The highest BCUT2D eigenvalue weighted by molar-refractivity contribution is 8.03. The molecule has 34 heavy (non-hydrogen) atoms. The lowest BCUT2D eigenvalue weighted by atomic mass is 10.0. The molecule has 1 aromatic heterocycles. The molecule has 6 heteroatoms. The Hall–Kier alpha value is -2.55. The monoisotopic (exact) mass is 582 g/mol. The zero-order chi connectivity index (χ0) is 22.8. The van der Waals surface area contributed by atoms with Crippen LogP contribution in [0.15, 0.2) is 88.8 Å². The number of methoxy groups -OCH3 is 1. The van der Waals surface area contributed by atoms with Gasteiger partial charge in [0.15, 0.2) is 0 Å². The highest BCUT2D eigenvalue weighted by atomic mass is 127. The second-order valence-corrected chi connectivity index (χ2v) is 9.00. The summed E-state index contributed by atoms with van der Waals surface area (Å²) < 4.78 is 7.71. The van der Waals surface area contributed by atoms with E-state index in [0.717, 1.165) is 34.1 Å². The number of aliphatic hydroxyl groups is 1. The van der Waals surface area contributed by atoms with E-state index in [1.165, 1.54) is 21.5 Å². The number of aliphatic hydroxyl groups excluding tert-OH is 1. The van der Waals surface area contributed by atoms with Gasteiger partial charge >= 0.3 is 0 Å². The Morgan fingerprint density at radius 1 is 0.971 bits per heavy atom.